The van der Waals surface area contributed by atoms with Crippen LogP contribution in [0, 0.1) is 0 Å². The number of ether oxygens (including phenoxy) is 1. The van der Waals surface area contributed by atoms with Gasteiger partial charge in [0.2, 0.25) is 10.0 Å². The second-order valence-electron chi connectivity index (χ2n) is 7.08. The third-order valence-corrected chi connectivity index (χ3v) is 7.07. The average Bonchev–Trinajstić information content (AvgIpc) is 3.12. The molecule has 2 aromatic carbocycles. The number of sulfonamides is 1. The topological polar surface area (TPSA) is 97.4 Å². The zero-order valence-corrected chi connectivity index (χ0v) is 18.8. The molecule has 0 atom stereocenters. The lowest BCUT2D eigenvalue weighted by atomic mass is 10.2. The summed E-state index contributed by atoms with van der Waals surface area (Å²) in [5.74, 6) is -0.140. The van der Waals surface area contributed by atoms with Crippen LogP contribution in [0.15, 0.2) is 47.4 Å². The molecule has 1 heterocycles. The van der Waals surface area contributed by atoms with Crippen LogP contribution in [0.25, 0.3) is 10.2 Å². The van der Waals surface area contributed by atoms with Crippen molar-refractivity contribution in [3.63, 3.8) is 0 Å². The van der Waals surface area contributed by atoms with Crippen molar-refractivity contribution in [2.24, 2.45) is 0 Å². The Morgan fingerprint density at radius 3 is 2.67 bits per heavy atom. The lowest BCUT2D eigenvalue weighted by molar-refractivity contribution is 0.0953. The summed E-state index contributed by atoms with van der Waals surface area (Å²) in [6.45, 7) is 3.92. The van der Waals surface area contributed by atoms with Crippen LogP contribution < -0.4 is 14.8 Å². The number of fused-ring (bicyclic) bond motifs is 1. The van der Waals surface area contributed by atoms with Gasteiger partial charge < -0.3 is 10.1 Å². The number of hydrogen-bond acceptors (Lipinski definition) is 6. The van der Waals surface area contributed by atoms with Crippen LogP contribution in [-0.2, 0) is 16.4 Å². The van der Waals surface area contributed by atoms with Gasteiger partial charge in [0.05, 0.1) is 22.3 Å². The van der Waals surface area contributed by atoms with Gasteiger partial charge in [-0.25, -0.2) is 18.1 Å². The van der Waals surface area contributed by atoms with E-state index in [9.17, 15) is 13.2 Å². The van der Waals surface area contributed by atoms with E-state index in [2.05, 4.69) is 15.0 Å². The molecule has 0 bridgehead atoms. The summed E-state index contributed by atoms with van der Waals surface area (Å²) in [5, 5.41) is 3.87. The number of nitrogens with one attached hydrogen (secondary N) is 2. The molecule has 0 fully saturated rings. The first kappa shape index (κ1) is 22.2. The SMILES string of the molecule is COc1ccc(C(=O)NCCCc2nc3ccccc3s2)cc1S(=O)(=O)NC(C)C. The highest BCUT2D eigenvalue weighted by atomic mass is 32.2. The molecular formula is C21H25N3O4S2. The number of amides is 1. The fraction of sp³-hybridized carbons (Fsp3) is 0.333. The molecule has 0 aliphatic carbocycles. The number of carbonyl (C=O) groups is 1. The summed E-state index contributed by atoms with van der Waals surface area (Å²) in [6, 6.07) is 12.1. The Labute approximate surface area is 180 Å². The van der Waals surface area contributed by atoms with Crippen molar-refractivity contribution in [2.75, 3.05) is 13.7 Å². The van der Waals surface area contributed by atoms with Gasteiger partial charge in [-0.1, -0.05) is 12.1 Å². The molecule has 30 heavy (non-hydrogen) atoms. The lowest BCUT2D eigenvalue weighted by Crippen LogP contribution is -2.31. The predicted octanol–water partition coefficient (Wildman–Crippen LogP) is 3.35. The van der Waals surface area contributed by atoms with E-state index in [4.69, 9.17) is 4.74 Å². The number of methoxy groups -OCH3 is 1. The number of nitrogens with zero attached hydrogens (tertiary/aromatic N) is 1. The lowest BCUT2D eigenvalue weighted by Gasteiger charge is -2.14. The number of para-hydroxylation sites is 1. The maximum absolute atomic E-state index is 12.6. The minimum absolute atomic E-state index is 0.0548. The first-order chi connectivity index (χ1) is 14.3. The molecule has 0 aliphatic rings. The highest BCUT2D eigenvalue weighted by Crippen LogP contribution is 2.25. The van der Waals surface area contributed by atoms with Crippen molar-refractivity contribution in [1.29, 1.82) is 0 Å². The third kappa shape index (κ3) is 5.35. The zero-order chi connectivity index (χ0) is 21.7. The molecule has 3 rings (SSSR count). The van der Waals surface area contributed by atoms with Crippen LogP contribution >= 0.6 is 11.3 Å². The minimum Gasteiger partial charge on any atom is -0.495 e. The van der Waals surface area contributed by atoms with E-state index in [1.807, 2.05) is 24.3 Å². The first-order valence-corrected chi connectivity index (χ1v) is 11.9. The summed E-state index contributed by atoms with van der Waals surface area (Å²) in [4.78, 5) is 17.1. The standard InChI is InChI=1S/C21H25N3O4S2/c1-14(2)24-30(26,27)19-13-15(10-11-17(19)28-3)21(25)22-12-6-9-20-23-16-7-4-5-8-18(16)29-20/h4-5,7-8,10-11,13-14,24H,6,9,12H2,1-3H3,(H,22,25). The highest BCUT2D eigenvalue weighted by molar-refractivity contribution is 7.89. The van der Waals surface area contributed by atoms with E-state index in [1.165, 1.54) is 19.2 Å². The monoisotopic (exact) mass is 447 g/mol. The number of hydrogen-bond donors (Lipinski definition) is 2. The molecule has 0 saturated heterocycles. The number of thiazole rings is 1. The molecule has 3 aromatic rings. The number of aromatic nitrogens is 1. The van der Waals surface area contributed by atoms with E-state index >= 15 is 0 Å². The van der Waals surface area contributed by atoms with Crippen LogP contribution in [-0.4, -0.2) is 39.0 Å². The normalized spacial score (nSPS) is 11.7. The molecule has 0 unspecified atom stereocenters. The molecule has 0 saturated carbocycles. The van der Waals surface area contributed by atoms with Crippen LogP contribution in [0.3, 0.4) is 0 Å². The van der Waals surface area contributed by atoms with E-state index in [1.54, 1.807) is 31.3 Å². The summed E-state index contributed by atoms with van der Waals surface area (Å²) < 4.78 is 33.9. The number of rotatable bonds is 9. The Kier molecular flexibility index (Phi) is 7.06. The third-order valence-electron chi connectivity index (χ3n) is 4.30. The average molecular weight is 448 g/mol. The van der Waals surface area contributed by atoms with Gasteiger partial charge in [0, 0.05) is 24.6 Å². The summed E-state index contributed by atoms with van der Waals surface area (Å²) in [6.07, 6.45) is 1.50. The van der Waals surface area contributed by atoms with E-state index in [-0.39, 0.29) is 28.2 Å². The van der Waals surface area contributed by atoms with Crippen LogP contribution in [0.5, 0.6) is 5.75 Å². The number of carbonyl (C=O) groups excluding carboxylic acids is 1. The van der Waals surface area contributed by atoms with Gasteiger partial charge in [-0.3, -0.25) is 4.79 Å². The number of benzene rings is 2. The van der Waals surface area contributed by atoms with Crippen molar-refractivity contribution in [3.05, 3.63) is 53.0 Å². The molecule has 0 radical (unpaired) electrons. The largest absolute Gasteiger partial charge is 0.495 e. The van der Waals surface area contributed by atoms with Gasteiger partial charge in [-0.05, 0) is 50.6 Å². The molecule has 7 nitrogen and oxygen atoms in total. The van der Waals surface area contributed by atoms with Crippen LogP contribution in [0.1, 0.15) is 35.6 Å². The smallest absolute Gasteiger partial charge is 0.251 e. The van der Waals surface area contributed by atoms with Crippen LogP contribution in [0.2, 0.25) is 0 Å². The summed E-state index contributed by atoms with van der Waals surface area (Å²) >= 11 is 1.65. The molecule has 2 N–H and O–H groups in total. The second kappa shape index (κ2) is 9.55. The molecule has 9 heteroatoms. The molecule has 1 amide bonds. The van der Waals surface area contributed by atoms with Gasteiger partial charge in [0.25, 0.3) is 5.91 Å². The molecule has 1 aromatic heterocycles. The minimum atomic E-state index is -3.79. The molecule has 0 spiro atoms. The van der Waals surface area contributed by atoms with Crippen LogP contribution in [0.4, 0.5) is 0 Å². The van der Waals surface area contributed by atoms with Gasteiger partial charge in [0.15, 0.2) is 0 Å². The molecule has 160 valence electrons. The van der Waals surface area contributed by atoms with Gasteiger partial charge >= 0.3 is 0 Å². The molecular weight excluding hydrogens is 422 g/mol. The Morgan fingerprint density at radius 1 is 1.20 bits per heavy atom. The quantitative estimate of drug-likeness (QED) is 0.490. The van der Waals surface area contributed by atoms with Gasteiger partial charge in [0.1, 0.15) is 10.6 Å². The van der Waals surface area contributed by atoms with Crippen molar-refractivity contribution >= 4 is 37.5 Å². The second-order valence-corrected chi connectivity index (χ2v) is 9.87. The van der Waals surface area contributed by atoms with Gasteiger partial charge in [-0.2, -0.15) is 0 Å². The Morgan fingerprint density at radius 2 is 1.97 bits per heavy atom. The summed E-state index contributed by atoms with van der Waals surface area (Å²) in [7, 11) is -2.40. The Bertz CT molecular complexity index is 1110. The van der Waals surface area contributed by atoms with Gasteiger partial charge in [-0.15, -0.1) is 11.3 Å². The number of aryl methyl sites for hydroxylation is 1. The maximum Gasteiger partial charge on any atom is 0.251 e. The Balaban J connectivity index is 1.62. The van der Waals surface area contributed by atoms with E-state index in [0.717, 1.165) is 28.1 Å². The fourth-order valence-electron chi connectivity index (χ4n) is 2.97. The molecule has 0 aliphatic heterocycles. The predicted molar refractivity (Wildman–Crippen MR) is 119 cm³/mol. The van der Waals surface area contributed by atoms with E-state index in [0.29, 0.717) is 6.54 Å². The van der Waals surface area contributed by atoms with Crippen molar-refractivity contribution in [1.82, 2.24) is 15.0 Å². The van der Waals surface area contributed by atoms with Crippen molar-refractivity contribution in [2.45, 2.75) is 37.6 Å². The summed E-state index contributed by atoms with van der Waals surface area (Å²) in [5.41, 5.74) is 1.25. The highest BCUT2D eigenvalue weighted by Gasteiger charge is 2.22. The van der Waals surface area contributed by atoms with Crippen molar-refractivity contribution < 1.29 is 17.9 Å². The fourth-order valence-corrected chi connectivity index (χ4v) is 5.43. The zero-order valence-electron chi connectivity index (χ0n) is 17.1. The Hall–Kier alpha value is -2.49. The maximum atomic E-state index is 12.6. The first-order valence-electron chi connectivity index (χ1n) is 9.63. The van der Waals surface area contributed by atoms with E-state index < -0.39 is 10.0 Å². The van der Waals surface area contributed by atoms with Crippen molar-refractivity contribution in [3.8, 4) is 5.75 Å².